The molecule has 0 aliphatic rings. The molecule has 1 aromatic rings. The number of rotatable bonds is 1. The summed E-state index contributed by atoms with van der Waals surface area (Å²) in [4.78, 5) is 13.9. The summed E-state index contributed by atoms with van der Waals surface area (Å²) in [6.07, 6.45) is 0. The minimum absolute atomic E-state index is 0.0933. The molecule has 4 heteroatoms. The number of hydrogen-bond donors (Lipinski definition) is 1. The average Bonchev–Trinajstić information content (AvgIpc) is 2.27. The van der Waals surface area contributed by atoms with Gasteiger partial charge >= 0.3 is 5.76 Å². The average molecular weight is 309 g/mol. The molecule has 14 heavy (non-hydrogen) atoms. The van der Waals surface area contributed by atoms with Gasteiger partial charge in [-0.1, -0.05) is 43.4 Å². The van der Waals surface area contributed by atoms with E-state index in [1.807, 2.05) is 13.8 Å². The summed E-state index contributed by atoms with van der Waals surface area (Å²) < 4.78 is 5.02. The summed E-state index contributed by atoms with van der Waals surface area (Å²) in [6, 6.07) is 0. The van der Waals surface area contributed by atoms with Crippen molar-refractivity contribution in [3.05, 3.63) is 22.0 Å². The van der Waals surface area contributed by atoms with Crippen LogP contribution in [0.4, 0.5) is 0 Å². The molecule has 0 bridgehead atoms. The van der Waals surface area contributed by atoms with Crippen molar-refractivity contribution in [1.29, 1.82) is 0 Å². The van der Waals surface area contributed by atoms with Crippen molar-refractivity contribution in [3.8, 4) is 0 Å². The Morgan fingerprint density at radius 3 is 2.00 bits per heavy atom. The summed E-state index contributed by atoms with van der Waals surface area (Å²) in [5.41, 5.74) is 0.797. The van der Waals surface area contributed by atoms with E-state index in [1.54, 1.807) is 0 Å². The highest BCUT2D eigenvalue weighted by atomic mass is 127. The maximum absolute atomic E-state index is 11.2. The van der Waals surface area contributed by atoms with Crippen LogP contribution in [0, 0.1) is 0 Å². The first-order valence-electron chi connectivity index (χ1n) is 4.55. The van der Waals surface area contributed by atoms with Crippen molar-refractivity contribution < 1.29 is 4.42 Å². The maximum Gasteiger partial charge on any atom is 0.416 e. The molecular formula is C10H16INO2. The number of oxazole rings is 1. The van der Waals surface area contributed by atoms with Crippen molar-refractivity contribution >= 4 is 22.6 Å². The summed E-state index contributed by atoms with van der Waals surface area (Å²) >= 11 is 2.27. The summed E-state index contributed by atoms with van der Waals surface area (Å²) in [7, 11) is 0. The first kappa shape index (κ1) is 11.8. The van der Waals surface area contributed by atoms with E-state index in [1.165, 1.54) is 0 Å². The van der Waals surface area contributed by atoms with E-state index in [0.29, 0.717) is 0 Å². The van der Waals surface area contributed by atoms with Gasteiger partial charge in [-0.15, -0.1) is 0 Å². The van der Waals surface area contributed by atoms with Crippen LogP contribution in [0.5, 0.6) is 0 Å². The molecule has 0 saturated heterocycles. The van der Waals surface area contributed by atoms with Gasteiger partial charge in [-0.05, 0) is 13.8 Å². The van der Waals surface area contributed by atoms with Gasteiger partial charge in [0.05, 0.1) is 9.12 Å². The highest BCUT2D eigenvalue weighted by Gasteiger charge is 2.31. The molecule has 0 unspecified atom stereocenters. The number of H-pyrrole nitrogens is 1. The predicted octanol–water partition coefficient (Wildman–Crippen LogP) is 2.94. The first-order valence-corrected chi connectivity index (χ1v) is 5.63. The summed E-state index contributed by atoms with van der Waals surface area (Å²) in [5.74, 6) is 0.380. The second kappa shape index (κ2) is 3.40. The van der Waals surface area contributed by atoms with Crippen LogP contribution in [-0.2, 0) is 8.84 Å². The van der Waals surface area contributed by atoms with Crippen LogP contribution in [0.3, 0.4) is 0 Å². The zero-order valence-electron chi connectivity index (χ0n) is 9.19. The molecule has 1 aromatic heterocycles. The number of nitrogens with one attached hydrogen (secondary N) is 1. The number of aromatic nitrogens is 1. The molecule has 0 spiro atoms. The van der Waals surface area contributed by atoms with Gasteiger partial charge < -0.3 is 4.42 Å². The van der Waals surface area contributed by atoms with E-state index in [0.717, 1.165) is 11.5 Å². The highest BCUT2D eigenvalue weighted by Crippen LogP contribution is 2.36. The number of halogens is 1. The highest BCUT2D eigenvalue weighted by molar-refractivity contribution is 14.1. The maximum atomic E-state index is 11.2. The number of alkyl halides is 1. The standard InChI is InChI=1S/C10H16INO2/c1-9(2,3)6-7(10(4,5)11)14-8(13)12-6/h1-5H3,(H,12,13). The Balaban J connectivity index is 3.38. The third kappa shape index (κ3) is 2.40. The van der Waals surface area contributed by atoms with Gasteiger partial charge in [0.1, 0.15) is 5.76 Å². The molecule has 0 aliphatic carbocycles. The van der Waals surface area contributed by atoms with E-state index in [4.69, 9.17) is 4.42 Å². The molecule has 80 valence electrons. The van der Waals surface area contributed by atoms with Crippen molar-refractivity contribution in [2.45, 2.75) is 43.5 Å². The van der Waals surface area contributed by atoms with Gasteiger partial charge in [-0.3, -0.25) is 4.98 Å². The lowest BCUT2D eigenvalue weighted by Crippen LogP contribution is -2.19. The summed E-state index contributed by atoms with van der Waals surface area (Å²) in [6.45, 7) is 10.2. The molecule has 1 rings (SSSR count). The normalized spacial score (nSPS) is 13.3. The minimum Gasteiger partial charge on any atom is -0.411 e. The van der Waals surface area contributed by atoms with Crippen molar-refractivity contribution in [3.63, 3.8) is 0 Å². The molecule has 0 saturated carbocycles. The molecular weight excluding hydrogens is 293 g/mol. The van der Waals surface area contributed by atoms with E-state index < -0.39 is 0 Å². The second-order valence-corrected chi connectivity index (χ2v) is 7.64. The Morgan fingerprint density at radius 1 is 1.21 bits per heavy atom. The smallest absolute Gasteiger partial charge is 0.411 e. The predicted molar refractivity (Wildman–Crippen MR) is 65.1 cm³/mol. The van der Waals surface area contributed by atoms with Crippen LogP contribution >= 0.6 is 22.6 Å². The van der Waals surface area contributed by atoms with Gasteiger partial charge in [-0.25, -0.2) is 4.79 Å². The van der Waals surface area contributed by atoms with Gasteiger partial charge in [0.2, 0.25) is 0 Å². The lowest BCUT2D eigenvalue weighted by molar-refractivity contribution is 0.433. The molecule has 0 amide bonds. The van der Waals surface area contributed by atoms with Crippen LogP contribution in [0.1, 0.15) is 46.1 Å². The van der Waals surface area contributed by atoms with E-state index >= 15 is 0 Å². The quantitative estimate of drug-likeness (QED) is 0.640. The van der Waals surface area contributed by atoms with Crippen molar-refractivity contribution in [2.24, 2.45) is 0 Å². The zero-order chi connectivity index (χ0) is 11.1. The van der Waals surface area contributed by atoms with Crippen LogP contribution in [0.2, 0.25) is 0 Å². The third-order valence-electron chi connectivity index (χ3n) is 1.94. The lowest BCUT2D eigenvalue weighted by atomic mass is 9.88. The van der Waals surface area contributed by atoms with E-state index in [2.05, 4.69) is 48.3 Å². The SMILES string of the molecule is CC(C)(C)c1[nH]c(=O)oc1C(C)(C)I. The lowest BCUT2D eigenvalue weighted by Gasteiger charge is -2.22. The molecule has 1 heterocycles. The zero-order valence-corrected chi connectivity index (χ0v) is 11.4. The fourth-order valence-electron chi connectivity index (χ4n) is 1.27. The largest absolute Gasteiger partial charge is 0.416 e. The fraction of sp³-hybridized carbons (Fsp3) is 0.700. The Hall–Kier alpha value is -0.260. The van der Waals surface area contributed by atoms with Crippen molar-refractivity contribution in [1.82, 2.24) is 4.98 Å². The Bertz CT molecular complexity index is 342. The van der Waals surface area contributed by atoms with Gasteiger partial charge in [0.15, 0.2) is 0 Å². The number of hydrogen-bond acceptors (Lipinski definition) is 2. The Kier molecular flexibility index (Phi) is 2.87. The van der Waals surface area contributed by atoms with Gasteiger partial charge in [0, 0.05) is 5.41 Å². The minimum atomic E-state index is -0.366. The Labute approximate surface area is 97.4 Å². The van der Waals surface area contributed by atoms with Crippen LogP contribution in [0.15, 0.2) is 9.21 Å². The Morgan fingerprint density at radius 2 is 1.71 bits per heavy atom. The molecule has 3 nitrogen and oxygen atoms in total. The molecule has 0 atom stereocenters. The second-order valence-electron chi connectivity index (χ2n) is 4.94. The van der Waals surface area contributed by atoms with E-state index in [-0.39, 0.29) is 14.6 Å². The van der Waals surface area contributed by atoms with Crippen LogP contribution in [0.25, 0.3) is 0 Å². The van der Waals surface area contributed by atoms with Gasteiger partial charge in [-0.2, -0.15) is 0 Å². The van der Waals surface area contributed by atoms with Gasteiger partial charge in [0.25, 0.3) is 0 Å². The molecule has 1 N–H and O–H groups in total. The van der Waals surface area contributed by atoms with Crippen LogP contribution in [-0.4, -0.2) is 4.98 Å². The van der Waals surface area contributed by atoms with E-state index in [9.17, 15) is 4.79 Å². The van der Waals surface area contributed by atoms with Crippen LogP contribution < -0.4 is 5.76 Å². The monoisotopic (exact) mass is 309 g/mol. The third-order valence-corrected chi connectivity index (χ3v) is 2.43. The molecule has 0 fully saturated rings. The topological polar surface area (TPSA) is 46.0 Å². The van der Waals surface area contributed by atoms with Crippen molar-refractivity contribution in [2.75, 3.05) is 0 Å². The first-order chi connectivity index (χ1) is 6.12. The molecule has 0 aliphatic heterocycles. The fourth-order valence-corrected chi connectivity index (χ4v) is 1.65. The molecule has 0 radical (unpaired) electrons. The summed E-state index contributed by atoms with van der Waals surface area (Å²) in [5, 5.41) is 0. The molecule has 0 aromatic carbocycles. The number of aromatic amines is 1.